The maximum absolute atomic E-state index is 12.1. The van der Waals surface area contributed by atoms with Crippen molar-refractivity contribution in [1.82, 2.24) is 4.90 Å². The Morgan fingerprint density at radius 3 is 2.26 bits per heavy atom. The lowest BCUT2D eigenvalue weighted by atomic mass is 10.0. The highest BCUT2D eigenvalue weighted by Crippen LogP contribution is 2.11. The third-order valence-electron chi connectivity index (χ3n) is 3.75. The van der Waals surface area contributed by atoms with Crippen LogP contribution in [0.15, 0.2) is 24.3 Å². The predicted molar refractivity (Wildman–Crippen MR) is 88.5 cm³/mol. The molecule has 0 bridgehead atoms. The van der Waals surface area contributed by atoms with Gasteiger partial charge in [0.25, 0.3) is 0 Å². The van der Waals surface area contributed by atoms with Crippen LogP contribution in [0, 0.1) is 0 Å². The first-order valence-electron chi connectivity index (χ1n) is 8.02. The minimum atomic E-state index is -0.941. The summed E-state index contributed by atoms with van der Waals surface area (Å²) in [6.07, 6.45) is 3.44. The molecule has 5 heteroatoms. The quantitative estimate of drug-likeness (QED) is 0.673. The van der Waals surface area contributed by atoms with Gasteiger partial charge in [-0.05, 0) is 18.4 Å². The number of aryl methyl sites for hydroxylation is 1. The molecule has 5 nitrogen and oxygen atoms in total. The number of carboxylic acid groups (broad SMARTS) is 1. The summed E-state index contributed by atoms with van der Waals surface area (Å²) in [6, 6.07) is 7.55. The Kier molecular flexibility index (Phi) is 8.02. The average molecular weight is 319 g/mol. The van der Waals surface area contributed by atoms with Crippen molar-refractivity contribution in [3.63, 3.8) is 0 Å². The van der Waals surface area contributed by atoms with Crippen LogP contribution in [0.25, 0.3) is 0 Å². The Balaban J connectivity index is 2.43. The molecular formula is C18H25NO4. The van der Waals surface area contributed by atoms with Crippen molar-refractivity contribution in [3.05, 3.63) is 35.4 Å². The number of carboxylic acids is 1. The molecule has 0 fully saturated rings. The summed E-state index contributed by atoms with van der Waals surface area (Å²) >= 11 is 0. The molecule has 1 rings (SSSR count). The van der Waals surface area contributed by atoms with Gasteiger partial charge in [0.05, 0.1) is 6.42 Å². The van der Waals surface area contributed by atoms with Crippen LogP contribution >= 0.6 is 0 Å². The van der Waals surface area contributed by atoms with Gasteiger partial charge in [-0.2, -0.15) is 0 Å². The minimum Gasteiger partial charge on any atom is -0.481 e. The molecule has 0 aliphatic heterocycles. The largest absolute Gasteiger partial charge is 0.481 e. The van der Waals surface area contributed by atoms with Gasteiger partial charge in [0.2, 0.25) is 5.91 Å². The SMILES string of the molecule is CCCCc1ccc(C(=O)CCC(=O)N(C)CCC(=O)O)cc1. The molecule has 1 amide bonds. The molecule has 1 aromatic carbocycles. The number of carbonyl (C=O) groups excluding carboxylic acids is 2. The van der Waals surface area contributed by atoms with Gasteiger partial charge in [0, 0.05) is 32.0 Å². The predicted octanol–water partition coefficient (Wildman–Crippen LogP) is 2.93. The fourth-order valence-corrected chi connectivity index (χ4v) is 2.18. The van der Waals surface area contributed by atoms with E-state index in [9.17, 15) is 14.4 Å². The average Bonchev–Trinajstić information content (AvgIpc) is 2.55. The standard InChI is InChI=1S/C18H25NO4/c1-3-4-5-14-6-8-15(9-7-14)16(20)10-11-17(21)19(2)13-12-18(22)23/h6-9H,3-5,10-13H2,1-2H3,(H,22,23). The highest BCUT2D eigenvalue weighted by Gasteiger charge is 2.13. The van der Waals surface area contributed by atoms with Crippen LogP contribution in [0.4, 0.5) is 0 Å². The van der Waals surface area contributed by atoms with Gasteiger partial charge >= 0.3 is 5.97 Å². The Bertz CT molecular complexity index is 536. The van der Waals surface area contributed by atoms with Crippen LogP contribution in [0.2, 0.25) is 0 Å². The Labute approximate surface area is 137 Å². The van der Waals surface area contributed by atoms with Crippen LogP contribution in [0.3, 0.4) is 0 Å². The lowest BCUT2D eigenvalue weighted by molar-refractivity contribution is -0.138. The smallest absolute Gasteiger partial charge is 0.305 e. The summed E-state index contributed by atoms with van der Waals surface area (Å²) in [7, 11) is 1.55. The molecule has 126 valence electrons. The van der Waals surface area contributed by atoms with Crippen LogP contribution in [-0.4, -0.2) is 41.3 Å². The van der Waals surface area contributed by atoms with Crippen LogP contribution in [-0.2, 0) is 16.0 Å². The van der Waals surface area contributed by atoms with Crippen molar-refractivity contribution in [1.29, 1.82) is 0 Å². The maximum Gasteiger partial charge on any atom is 0.305 e. The molecule has 1 N–H and O–H groups in total. The molecule has 23 heavy (non-hydrogen) atoms. The number of Topliss-reactive ketones (excluding diaryl/α,β-unsaturated/α-hetero) is 1. The zero-order chi connectivity index (χ0) is 17.2. The summed E-state index contributed by atoms with van der Waals surface area (Å²) in [4.78, 5) is 35.8. The first-order valence-corrected chi connectivity index (χ1v) is 8.02. The number of unbranched alkanes of at least 4 members (excludes halogenated alkanes) is 1. The third kappa shape index (κ3) is 7.08. The molecule has 0 atom stereocenters. The second kappa shape index (κ2) is 9.77. The second-order valence-electron chi connectivity index (χ2n) is 5.68. The maximum atomic E-state index is 12.1. The molecule has 1 aromatic rings. The Morgan fingerprint density at radius 2 is 1.70 bits per heavy atom. The van der Waals surface area contributed by atoms with E-state index in [1.54, 1.807) is 7.05 Å². The summed E-state index contributed by atoms with van der Waals surface area (Å²) in [5, 5.41) is 8.60. The van der Waals surface area contributed by atoms with E-state index in [1.807, 2.05) is 24.3 Å². The number of rotatable bonds is 10. The number of amides is 1. The monoisotopic (exact) mass is 319 g/mol. The number of hydrogen-bond acceptors (Lipinski definition) is 3. The van der Waals surface area contributed by atoms with Crippen LogP contribution in [0.1, 0.15) is 54.9 Å². The fourth-order valence-electron chi connectivity index (χ4n) is 2.18. The van der Waals surface area contributed by atoms with E-state index < -0.39 is 5.97 Å². The minimum absolute atomic E-state index is 0.0629. The molecule has 0 saturated heterocycles. The summed E-state index contributed by atoms with van der Waals surface area (Å²) in [5.74, 6) is -1.21. The second-order valence-corrected chi connectivity index (χ2v) is 5.68. The van der Waals surface area contributed by atoms with Gasteiger partial charge in [-0.3, -0.25) is 14.4 Å². The van der Waals surface area contributed by atoms with E-state index in [-0.39, 0.29) is 37.5 Å². The van der Waals surface area contributed by atoms with Gasteiger partial charge < -0.3 is 10.0 Å². The third-order valence-corrected chi connectivity index (χ3v) is 3.75. The van der Waals surface area contributed by atoms with Crippen molar-refractivity contribution in [2.75, 3.05) is 13.6 Å². The number of ketones is 1. The number of aliphatic carboxylic acids is 1. The molecule has 0 aliphatic rings. The van der Waals surface area contributed by atoms with Crippen molar-refractivity contribution < 1.29 is 19.5 Å². The molecule has 0 spiro atoms. The number of benzene rings is 1. The summed E-state index contributed by atoms with van der Waals surface area (Å²) < 4.78 is 0. The summed E-state index contributed by atoms with van der Waals surface area (Å²) in [5.41, 5.74) is 1.83. The van der Waals surface area contributed by atoms with Gasteiger partial charge in [-0.1, -0.05) is 37.6 Å². The summed E-state index contributed by atoms with van der Waals surface area (Å²) in [6.45, 7) is 2.30. The fraction of sp³-hybridized carbons (Fsp3) is 0.500. The van der Waals surface area contributed by atoms with E-state index >= 15 is 0 Å². The molecule has 0 radical (unpaired) electrons. The van der Waals surface area contributed by atoms with Gasteiger partial charge in [-0.25, -0.2) is 0 Å². The van der Waals surface area contributed by atoms with Crippen molar-refractivity contribution >= 4 is 17.7 Å². The molecular weight excluding hydrogens is 294 g/mol. The molecule has 0 heterocycles. The highest BCUT2D eigenvalue weighted by molar-refractivity contribution is 5.97. The van der Waals surface area contributed by atoms with E-state index in [1.165, 1.54) is 10.5 Å². The first-order chi connectivity index (χ1) is 10.9. The van der Waals surface area contributed by atoms with Gasteiger partial charge in [0.15, 0.2) is 5.78 Å². The lowest BCUT2D eigenvalue weighted by Gasteiger charge is -2.15. The van der Waals surface area contributed by atoms with E-state index in [0.717, 1.165) is 19.3 Å². The van der Waals surface area contributed by atoms with Crippen molar-refractivity contribution in [2.45, 2.75) is 45.4 Å². The lowest BCUT2D eigenvalue weighted by Crippen LogP contribution is -2.29. The van der Waals surface area contributed by atoms with E-state index in [0.29, 0.717) is 5.56 Å². The molecule has 0 aromatic heterocycles. The van der Waals surface area contributed by atoms with E-state index in [2.05, 4.69) is 6.92 Å². The van der Waals surface area contributed by atoms with Crippen molar-refractivity contribution in [3.8, 4) is 0 Å². The zero-order valence-corrected chi connectivity index (χ0v) is 13.9. The molecule has 0 saturated carbocycles. The topological polar surface area (TPSA) is 74.7 Å². The first kappa shape index (κ1) is 18.9. The Hall–Kier alpha value is -2.17. The van der Waals surface area contributed by atoms with Crippen LogP contribution < -0.4 is 0 Å². The zero-order valence-electron chi connectivity index (χ0n) is 13.9. The van der Waals surface area contributed by atoms with Crippen LogP contribution in [0.5, 0.6) is 0 Å². The number of carbonyl (C=O) groups is 3. The van der Waals surface area contributed by atoms with Gasteiger partial charge in [-0.15, -0.1) is 0 Å². The normalized spacial score (nSPS) is 10.3. The van der Waals surface area contributed by atoms with Gasteiger partial charge in [0.1, 0.15) is 0 Å². The number of nitrogens with zero attached hydrogens (tertiary/aromatic N) is 1. The Morgan fingerprint density at radius 1 is 1.04 bits per heavy atom. The molecule has 0 aliphatic carbocycles. The van der Waals surface area contributed by atoms with Crippen molar-refractivity contribution in [2.24, 2.45) is 0 Å². The van der Waals surface area contributed by atoms with E-state index in [4.69, 9.17) is 5.11 Å². The number of hydrogen-bond donors (Lipinski definition) is 1. The highest BCUT2D eigenvalue weighted by atomic mass is 16.4. The molecule has 0 unspecified atom stereocenters.